The first kappa shape index (κ1) is 16.1. The highest BCUT2D eigenvalue weighted by Gasteiger charge is 2.17. The number of furan rings is 1. The van der Waals surface area contributed by atoms with Crippen LogP contribution in [-0.4, -0.2) is 19.8 Å². The van der Waals surface area contributed by atoms with Gasteiger partial charge in [-0.2, -0.15) is 0 Å². The van der Waals surface area contributed by atoms with Crippen LogP contribution >= 0.6 is 0 Å². The molecule has 0 aliphatic carbocycles. The van der Waals surface area contributed by atoms with Crippen molar-refractivity contribution < 1.29 is 9.15 Å². The maximum Gasteiger partial charge on any atom is 0.134 e. The van der Waals surface area contributed by atoms with Crippen molar-refractivity contribution in [2.75, 3.05) is 19.8 Å². The van der Waals surface area contributed by atoms with Gasteiger partial charge in [-0.3, -0.25) is 0 Å². The molecule has 0 fully saturated rings. The second-order valence-electron chi connectivity index (χ2n) is 5.94. The molecule has 116 valence electrons. The standard InChI is InChI=1S/C18H27NO2/c1-5-15-16-8-6-7-9-17(16)21-18(15)14(4)19-10-11-20-12-13(2)3/h6-9,13-14,19H,5,10-12H2,1-4H3. The van der Waals surface area contributed by atoms with Gasteiger partial charge in [-0.25, -0.2) is 0 Å². The maximum atomic E-state index is 6.04. The van der Waals surface area contributed by atoms with Crippen molar-refractivity contribution in [3.63, 3.8) is 0 Å². The Labute approximate surface area is 127 Å². The Morgan fingerprint density at radius 3 is 2.67 bits per heavy atom. The normalized spacial score (nSPS) is 13.2. The molecule has 0 radical (unpaired) electrons. The minimum Gasteiger partial charge on any atom is -0.459 e. The summed E-state index contributed by atoms with van der Waals surface area (Å²) in [6.45, 7) is 11.1. The molecule has 0 saturated carbocycles. The molecule has 1 heterocycles. The molecular weight excluding hydrogens is 262 g/mol. The second kappa shape index (κ2) is 7.62. The molecule has 0 spiro atoms. The van der Waals surface area contributed by atoms with Crippen LogP contribution in [0, 0.1) is 5.92 Å². The van der Waals surface area contributed by atoms with Crippen LogP contribution in [0.25, 0.3) is 11.0 Å². The van der Waals surface area contributed by atoms with E-state index in [1.807, 2.05) is 12.1 Å². The first-order valence-corrected chi connectivity index (χ1v) is 7.94. The summed E-state index contributed by atoms with van der Waals surface area (Å²) in [7, 11) is 0. The number of hydrogen-bond donors (Lipinski definition) is 1. The van der Waals surface area contributed by atoms with Crippen molar-refractivity contribution in [1.29, 1.82) is 0 Å². The van der Waals surface area contributed by atoms with Gasteiger partial charge < -0.3 is 14.5 Å². The Hall–Kier alpha value is -1.32. The van der Waals surface area contributed by atoms with Crippen LogP contribution in [0.2, 0.25) is 0 Å². The number of aryl methyl sites for hydroxylation is 1. The topological polar surface area (TPSA) is 34.4 Å². The lowest BCUT2D eigenvalue weighted by Gasteiger charge is -2.14. The third-order valence-electron chi connectivity index (χ3n) is 3.62. The molecule has 3 nitrogen and oxygen atoms in total. The van der Waals surface area contributed by atoms with Gasteiger partial charge in [-0.15, -0.1) is 0 Å². The molecule has 0 amide bonds. The second-order valence-corrected chi connectivity index (χ2v) is 5.94. The molecule has 21 heavy (non-hydrogen) atoms. The molecule has 0 bridgehead atoms. The Balaban J connectivity index is 1.97. The van der Waals surface area contributed by atoms with E-state index < -0.39 is 0 Å². The van der Waals surface area contributed by atoms with Crippen molar-refractivity contribution in [1.82, 2.24) is 5.32 Å². The highest BCUT2D eigenvalue weighted by atomic mass is 16.5. The van der Waals surface area contributed by atoms with Crippen LogP contribution < -0.4 is 5.32 Å². The minimum atomic E-state index is 0.204. The largest absolute Gasteiger partial charge is 0.459 e. The van der Waals surface area contributed by atoms with Gasteiger partial charge in [0.1, 0.15) is 11.3 Å². The molecule has 3 heteroatoms. The smallest absolute Gasteiger partial charge is 0.134 e. The number of benzene rings is 1. The summed E-state index contributed by atoms with van der Waals surface area (Å²) in [4.78, 5) is 0. The van der Waals surface area contributed by atoms with Gasteiger partial charge in [0, 0.05) is 24.1 Å². The SMILES string of the molecule is CCc1c(C(C)NCCOCC(C)C)oc2ccccc12. The fraction of sp³-hybridized carbons (Fsp3) is 0.556. The Bertz CT molecular complexity index is 559. The van der Waals surface area contributed by atoms with Crippen molar-refractivity contribution in [3.8, 4) is 0 Å². The van der Waals surface area contributed by atoms with E-state index in [2.05, 4.69) is 45.1 Å². The molecule has 2 rings (SSSR count). The fourth-order valence-electron chi connectivity index (χ4n) is 2.59. The van der Waals surface area contributed by atoms with Crippen molar-refractivity contribution in [2.24, 2.45) is 5.92 Å². The van der Waals surface area contributed by atoms with E-state index in [-0.39, 0.29) is 6.04 Å². The van der Waals surface area contributed by atoms with E-state index in [4.69, 9.17) is 9.15 Å². The molecule has 1 unspecified atom stereocenters. The third-order valence-corrected chi connectivity index (χ3v) is 3.62. The summed E-state index contributed by atoms with van der Waals surface area (Å²) in [5.41, 5.74) is 2.29. The van der Waals surface area contributed by atoms with Gasteiger partial charge in [0.15, 0.2) is 0 Å². The number of rotatable bonds is 8. The van der Waals surface area contributed by atoms with E-state index >= 15 is 0 Å². The lowest BCUT2D eigenvalue weighted by Crippen LogP contribution is -2.24. The fourth-order valence-corrected chi connectivity index (χ4v) is 2.59. The van der Waals surface area contributed by atoms with Crippen LogP contribution in [0.4, 0.5) is 0 Å². The summed E-state index contributed by atoms with van der Waals surface area (Å²) in [5.74, 6) is 1.65. The van der Waals surface area contributed by atoms with Gasteiger partial charge in [0.05, 0.1) is 12.6 Å². The predicted molar refractivity (Wildman–Crippen MR) is 87.7 cm³/mol. The lowest BCUT2D eigenvalue weighted by atomic mass is 10.1. The first-order chi connectivity index (χ1) is 10.1. The summed E-state index contributed by atoms with van der Waals surface area (Å²) in [6, 6.07) is 8.47. The average molecular weight is 289 g/mol. The molecule has 1 atom stereocenters. The quantitative estimate of drug-likeness (QED) is 0.735. The van der Waals surface area contributed by atoms with Gasteiger partial charge in [0.25, 0.3) is 0 Å². The predicted octanol–water partition coefficient (Wildman–Crippen LogP) is 4.32. The van der Waals surface area contributed by atoms with Gasteiger partial charge in [-0.05, 0) is 25.3 Å². The Morgan fingerprint density at radius 2 is 1.95 bits per heavy atom. The molecule has 0 aliphatic rings. The summed E-state index contributed by atoms with van der Waals surface area (Å²) < 4.78 is 11.6. The molecule has 0 saturated heterocycles. The lowest BCUT2D eigenvalue weighted by molar-refractivity contribution is 0.110. The van der Waals surface area contributed by atoms with E-state index in [0.29, 0.717) is 5.92 Å². The van der Waals surface area contributed by atoms with Crippen LogP contribution in [0.5, 0.6) is 0 Å². The van der Waals surface area contributed by atoms with Crippen LogP contribution in [0.3, 0.4) is 0 Å². The van der Waals surface area contributed by atoms with Gasteiger partial charge in [-0.1, -0.05) is 39.0 Å². The Kier molecular flexibility index (Phi) is 5.83. The zero-order valence-corrected chi connectivity index (χ0v) is 13.6. The summed E-state index contributed by atoms with van der Waals surface area (Å²) >= 11 is 0. The van der Waals surface area contributed by atoms with Gasteiger partial charge in [0.2, 0.25) is 0 Å². The van der Waals surface area contributed by atoms with E-state index in [1.165, 1.54) is 10.9 Å². The monoisotopic (exact) mass is 289 g/mol. The number of ether oxygens (including phenoxy) is 1. The van der Waals surface area contributed by atoms with Crippen LogP contribution in [-0.2, 0) is 11.2 Å². The number of fused-ring (bicyclic) bond motifs is 1. The van der Waals surface area contributed by atoms with Crippen LogP contribution in [0.1, 0.15) is 45.1 Å². The number of nitrogens with one attached hydrogen (secondary N) is 1. The summed E-state index contributed by atoms with van der Waals surface area (Å²) in [6.07, 6.45) is 0.988. The molecule has 2 aromatic rings. The van der Waals surface area contributed by atoms with Gasteiger partial charge >= 0.3 is 0 Å². The first-order valence-electron chi connectivity index (χ1n) is 7.94. The number of para-hydroxylation sites is 1. The highest BCUT2D eigenvalue weighted by Crippen LogP contribution is 2.30. The third kappa shape index (κ3) is 4.08. The molecule has 1 aromatic heterocycles. The van der Waals surface area contributed by atoms with Crippen LogP contribution in [0.15, 0.2) is 28.7 Å². The zero-order valence-electron chi connectivity index (χ0n) is 13.6. The average Bonchev–Trinajstić information content (AvgIpc) is 2.85. The molecule has 1 N–H and O–H groups in total. The maximum absolute atomic E-state index is 6.04. The molecular formula is C18H27NO2. The highest BCUT2D eigenvalue weighted by molar-refractivity contribution is 5.82. The van der Waals surface area contributed by atoms with Crippen molar-refractivity contribution in [2.45, 2.75) is 40.2 Å². The van der Waals surface area contributed by atoms with Crippen molar-refractivity contribution >= 4 is 11.0 Å². The van der Waals surface area contributed by atoms with E-state index in [0.717, 1.165) is 37.5 Å². The molecule has 1 aromatic carbocycles. The van der Waals surface area contributed by atoms with E-state index in [1.54, 1.807) is 0 Å². The number of hydrogen-bond acceptors (Lipinski definition) is 3. The minimum absolute atomic E-state index is 0.204. The zero-order chi connectivity index (χ0) is 15.2. The Morgan fingerprint density at radius 1 is 1.19 bits per heavy atom. The summed E-state index contributed by atoms with van der Waals surface area (Å²) in [5, 5.41) is 4.73. The van der Waals surface area contributed by atoms with Crippen molar-refractivity contribution in [3.05, 3.63) is 35.6 Å². The molecule has 0 aliphatic heterocycles. The van der Waals surface area contributed by atoms with E-state index in [9.17, 15) is 0 Å².